The van der Waals surface area contributed by atoms with Crippen molar-refractivity contribution < 1.29 is 19.4 Å². The number of hydrazine groups is 1. The van der Waals surface area contributed by atoms with Gasteiger partial charge in [-0.15, -0.1) is 0 Å². The van der Waals surface area contributed by atoms with Crippen LogP contribution in [0.25, 0.3) is 0 Å². The van der Waals surface area contributed by atoms with E-state index in [0.29, 0.717) is 37.6 Å². The molecule has 0 fully saturated rings. The summed E-state index contributed by atoms with van der Waals surface area (Å²) in [6.07, 6.45) is 0.201. The Morgan fingerprint density at radius 2 is 1.36 bits per heavy atom. The minimum atomic E-state index is -1.31. The van der Waals surface area contributed by atoms with Crippen LogP contribution in [0.2, 0.25) is 0 Å². The van der Waals surface area contributed by atoms with Gasteiger partial charge in [0, 0.05) is 37.5 Å². The van der Waals surface area contributed by atoms with Gasteiger partial charge in [0.15, 0.2) is 11.6 Å². The van der Waals surface area contributed by atoms with Crippen LogP contribution in [0.5, 0.6) is 5.75 Å². The quantitative estimate of drug-likeness (QED) is 0.0982. The molecule has 47 heavy (non-hydrogen) atoms. The smallest absolute Gasteiger partial charge is 0.266 e. The Kier molecular flexibility index (Phi) is 10.4. The summed E-state index contributed by atoms with van der Waals surface area (Å²) in [6.45, 7) is 0.974. The molecule has 0 radical (unpaired) electrons. The van der Waals surface area contributed by atoms with Crippen molar-refractivity contribution in [1.29, 1.82) is 0 Å². The number of carbonyl (C=O) groups is 1. The molecule has 1 amide bonds. The lowest BCUT2D eigenvalue weighted by atomic mass is 9.82. The van der Waals surface area contributed by atoms with Crippen LogP contribution < -0.4 is 15.6 Å². The number of nitrogens with one attached hydrogen (secondary N) is 2. The maximum absolute atomic E-state index is 14.6. The van der Waals surface area contributed by atoms with Gasteiger partial charge in [0.2, 0.25) is 5.90 Å². The average Bonchev–Trinajstić information content (AvgIpc) is 3.52. The van der Waals surface area contributed by atoms with Crippen molar-refractivity contribution in [3.8, 4) is 5.75 Å². The van der Waals surface area contributed by atoms with Crippen LogP contribution in [0.4, 0.5) is 0 Å². The zero-order chi connectivity index (χ0) is 32.3. The number of aliphatic hydroxyl groups excluding tert-OH is 1. The van der Waals surface area contributed by atoms with E-state index in [1.54, 1.807) is 0 Å². The second kappa shape index (κ2) is 15.4. The molecular formula is C40H39N3O4. The number of benzene rings is 5. The lowest BCUT2D eigenvalue weighted by Crippen LogP contribution is -2.54. The predicted octanol–water partition coefficient (Wildman–Crippen LogP) is 6.40. The largest absolute Gasteiger partial charge is 0.494 e. The molecule has 0 unspecified atom stereocenters. The van der Waals surface area contributed by atoms with Gasteiger partial charge in [-0.05, 0) is 46.5 Å². The topological polar surface area (TPSA) is 92.2 Å². The number of hydrogen-bond donors (Lipinski definition) is 3. The maximum atomic E-state index is 14.6. The number of hydrogen-bond acceptors (Lipinski definition) is 6. The number of ether oxygens (including phenoxy) is 2. The normalized spacial score (nSPS) is 17.1. The summed E-state index contributed by atoms with van der Waals surface area (Å²) in [5.74, 6) is 0.807. The molecule has 0 spiro atoms. The summed E-state index contributed by atoms with van der Waals surface area (Å²) < 4.78 is 12.4. The van der Waals surface area contributed by atoms with E-state index in [-0.39, 0.29) is 18.4 Å². The predicted molar refractivity (Wildman–Crippen MR) is 184 cm³/mol. The first-order chi connectivity index (χ1) is 23.2. The molecule has 1 heterocycles. The van der Waals surface area contributed by atoms with Gasteiger partial charge < -0.3 is 14.6 Å². The fraction of sp³-hybridized carbons (Fsp3) is 0.200. The lowest BCUT2D eigenvalue weighted by Gasteiger charge is -2.31. The van der Waals surface area contributed by atoms with Crippen molar-refractivity contribution in [1.82, 2.24) is 10.9 Å². The summed E-state index contributed by atoms with van der Waals surface area (Å²) in [7, 11) is 0. The Labute approximate surface area is 275 Å². The van der Waals surface area contributed by atoms with E-state index in [9.17, 15) is 4.79 Å². The zero-order valence-corrected chi connectivity index (χ0v) is 26.2. The summed E-state index contributed by atoms with van der Waals surface area (Å²) in [5.41, 5.74) is 9.87. The van der Waals surface area contributed by atoms with Crippen LogP contribution in [0.15, 0.2) is 151 Å². The van der Waals surface area contributed by atoms with Gasteiger partial charge in [-0.3, -0.25) is 10.2 Å². The molecular weight excluding hydrogens is 586 g/mol. The Balaban J connectivity index is 1.32. The molecule has 0 saturated heterocycles. The summed E-state index contributed by atoms with van der Waals surface area (Å²) >= 11 is 0. The third-order valence-corrected chi connectivity index (χ3v) is 8.36. The molecule has 6 rings (SSSR count). The highest BCUT2D eigenvalue weighted by atomic mass is 16.5. The highest BCUT2D eigenvalue weighted by molar-refractivity contribution is 6.01. The monoisotopic (exact) mass is 625 g/mol. The van der Waals surface area contributed by atoms with Crippen LogP contribution in [-0.2, 0) is 16.0 Å². The van der Waals surface area contributed by atoms with Crippen LogP contribution in [-0.4, -0.2) is 42.2 Å². The molecule has 7 heteroatoms. The van der Waals surface area contributed by atoms with Crippen molar-refractivity contribution in [2.24, 2.45) is 4.99 Å². The van der Waals surface area contributed by atoms with Gasteiger partial charge in [0.1, 0.15) is 5.75 Å². The average molecular weight is 626 g/mol. The summed E-state index contributed by atoms with van der Waals surface area (Å²) in [6, 6.07) is 47.7. The van der Waals surface area contributed by atoms with Gasteiger partial charge in [0.25, 0.3) is 5.91 Å². The number of rotatable bonds is 14. The Bertz CT molecular complexity index is 1690. The fourth-order valence-corrected chi connectivity index (χ4v) is 5.96. The van der Waals surface area contributed by atoms with Gasteiger partial charge in [-0.2, -0.15) is 0 Å². The molecule has 0 aromatic heterocycles. The van der Waals surface area contributed by atoms with Gasteiger partial charge >= 0.3 is 0 Å². The third kappa shape index (κ3) is 7.60. The second-order valence-corrected chi connectivity index (χ2v) is 11.6. The van der Waals surface area contributed by atoms with E-state index in [4.69, 9.17) is 19.6 Å². The van der Waals surface area contributed by atoms with Gasteiger partial charge in [-0.25, -0.2) is 10.4 Å². The van der Waals surface area contributed by atoms with Gasteiger partial charge in [-0.1, -0.05) is 121 Å². The van der Waals surface area contributed by atoms with E-state index in [2.05, 4.69) is 35.1 Å². The van der Waals surface area contributed by atoms with Crippen LogP contribution in [0.1, 0.15) is 46.3 Å². The lowest BCUT2D eigenvalue weighted by molar-refractivity contribution is -0.130. The van der Waals surface area contributed by atoms with Crippen LogP contribution in [0.3, 0.4) is 0 Å². The first kappa shape index (κ1) is 31.7. The molecule has 0 bridgehead atoms. The number of carbonyl (C=O) groups excluding carboxylic acids is 1. The Hall–Kier alpha value is -5.24. The summed E-state index contributed by atoms with van der Waals surface area (Å²) in [5, 5.41) is 9.09. The number of nitrogens with zero attached hydrogens (tertiary/aromatic N) is 1. The zero-order valence-electron chi connectivity index (χ0n) is 26.2. The SMILES string of the molecule is O=C(NNCC(c1ccccc1)c1ccccc1)[C@@]1(Cc2ccccc2)N=C(c2ccc(OCCCO)cc2)O[C@H]1c1ccccc1. The first-order valence-electron chi connectivity index (χ1n) is 16.0. The van der Waals surface area contributed by atoms with Crippen molar-refractivity contribution >= 4 is 11.8 Å². The molecule has 7 nitrogen and oxygen atoms in total. The van der Waals surface area contributed by atoms with E-state index in [0.717, 1.165) is 27.8 Å². The minimum absolute atomic E-state index is 0.0182. The van der Waals surface area contributed by atoms with Crippen LogP contribution in [0, 0.1) is 0 Å². The molecule has 0 saturated carbocycles. The maximum Gasteiger partial charge on any atom is 0.266 e. The molecule has 1 aliphatic rings. The van der Waals surface area contributed by atoms with Crippen molar-refractivity contribution in [3.63, 3.8) is 0 Å². The van der Waals surface area contributed by atoms with Crippen molar-refractivity contribution in [3.05, 3.63) is 173 Å². The van der Waals surface area contributed by atoms with E-state index < -0.39 is 11.6 Å². The van der Waals surface area contributed by atoms with E-state index >= 15 is 0 Å². The molecule has 5 aromatic carbocycles. The van der Waals surface area contributed by atoms with E-state index in [1.807, 2.05) is 121 Å². The van der Waals surface area contributed by atoms with Crippen molar-refractivity contribution in [2.45, 2.75) is 30.4 Å². The Morgan fingerprint density at radius 1 is 0.787 bits per heavy atom. The highest BCUT2D eigenvalue weighted by Gasteiger charge is 2.53. The highest BCUT2D eigenvalue weighted by Crippen LogP contribution is 2.42. The third-order valence-electron chi connectivity index (χ3n) is 8.36. The molecule has 5 aromatic rings. The van der Waals surface area contributed by atoms with Crippen molar-refractivity contribution in [2.75, 3.05) is 19.8 Å². The van der Waals surface area contributed by atoms with Crippen LogP contribution >= 0.6 is 0 Å². The van der Waals surface area contributed by atoms with Gasteiger partial charge in [0.05, 0.1) is 6.61 Å². The number of aliphatic hydroxyl groups is 1. The number of aliphatic imine (C=N–C) groups is 1. The molecule has 1 aliphatic heterocycles. The second-order valence-electron chi connectivity index (χ2n) is 11.6. The molecule has 0 aliphatic carbocycles. The molecule has 2 atom stereocenters. The Morgan fingerprint density at radius 3 is 1.96 bits per heavy atom. The fourth-order valence-electron chi connectivity index (χ4n) is 5.96. The van der Waals surface area contributed by atoms with E-state index in [1.165, 1.54) is 0 Å². The standard InChI is InChI=1S/C40H39N3O4/c44-26-13-27-46-35-24-22-34(23-25-35)38-42-40(28-30-14-5-1-6-15-30,37(47-38)33-20-11-4-12-21-33)39(45)43-41-29-36(31-16-7-2-8-17-31)32-18-9-3-10-19-32/h1-12,14-25,36-37,41,44H,13,26-29H2,(H,43,45)/t37-,40-/m0/s1. The summed E-state index contributed by atoms with van der Waals surface area (Å²) in [4.78, 5) is 19.7. The molecule has 238 valence electrons. The molecule has 3 N–H and O–H groups in total. The number of amides is 1. The minimum Gasteiger partial charge on any atom is -0.494 e. The first-order valence-corrected chi connectivity index (χ1v) is 16.0.